The quantitative estimate of drug-likeness (QED) is 0.0872. The number of hydrogen-bond donors (Lipinski definition) is 4. The third-order valence-electron chi connectivity index (χ3n) is 9.75. The number of halogens is 6. The van der Waals surface area contributed by atoms with Gasteiger partial charge in [0.2, 0.25) is 5.91 Å². The van der Waals surface area contributed by atoms with Crippen LogP contribution in [0, 0.1) is 22.5 Å². The summed E-state index contributed by atoms with van der Waals surface area (Å²) in [6.45, 7) is 12.7. The molecule has 0 saturated carbocycles. The van der Waals surface area contributed by atoms with Crippen molar-refractivity contribution in [2.45, 2.75) is 108 Å². The molecule has 2 aromatic carbocycles. The van der Waals surface area contributed by atoms with Gasteiger partial charge in [0.15, 0.2) is 0 Å². The maximum absolute atomic E-state index is 14.8. The van der Waals surface area contributed by atoms with Gasteiger partial charge in [0.25, 0.3) is 11.8 Å². The second-order valence-corrected chi connectivity index (χ2v) is 19.5. The summed E-state index contributed by atoms with van der Waals surface area (Å²) in [5.74, 6) is -10.5. The van der Waals surface area contributed by atoms with Crippen molar-refractivity contribution in [1.29, 1.82) is 0 Å². The van der Waals surface area contributed by atoms with Gasteiger partial charge in [-0.05, 0) is 35.8 Å². The van der Waals surface area contributed by atoms with Gasteiger partial charge >= 0.3 is 17.9 Å². The Morgan fingerprint density at radius 2 is 1.38 bits per heavy atom. The molecular weight excluding hydrogens is 851 g/mol. The Kier molecular flexibility index (Phi) is 17.9. The molecule has 19 heteroatoms. The molecule has 340 valence electrons. The van der Waals surface area contributed by atoms with Crippen LogP contribution in [0.15, 0.2) is 41.4 Å². The van der Waals surface area contributed by atoms with Crippen molar-refractivity contribution in [3.05, 3.63) is 59.2 Å². The highest BCUT2D eigenvalue weighted by atomic mass is 32.2. The Balaban J connectivity index is 0.000000280. The molecule has 11 nitrogen and oxygen atoms in total. The average molecular weight is 907 g/mol. The first-order chi connectivity index (χ1) is 28.1. The highest BCUT2D eigenvalue weighted by molar-refractivity contribution is 8.01. The molecule has 3 fully saturated rings. The monoisotopic (exact) mass is 906 g/mol. The Hall–Kier alpha value is -4.13. The number of alkyl halides is 4. The van der Waals surface area contributed by atoms with Gasteiger partial charge in [-0.3, -0.25) is 24.2 Å². The van der Waals surface area contributed by atoms with Crippen LogP contribution < -0.4 is 9.80 Å². The lowest BCUT2D eigenvalue weighted by atomic mass is 9.92. The molecule has 0 bridgehead atoms. The Morgan fingerprint density at radius 3 is 1.84 bits per heavy atom. The van der Waals surface area contributed by atoms with Crippen molar-refractivity contribution in [3.63, 3.8) is 0 Å². The number of hydrogen-bond acceptors (Lipinski definition) is 9. The molecule has 3 N–H and O–H groups in total. The third kappa shape index (κ3) is 16.3. The molecule has 0 spiro atoms. The van der Waals surface area contributed by atoms with Gasteiger partial charge in [-0.1, -0.05) is 65.8 Å². The Morgan fingerprint density at radius 1 is 0.852 bits per heavy atom. The van der Waals surface area contributed by atoms with E-state index in [-0.39, 0.29) is 60.5 Å². The number of thioether (sulfide) groups is 1. The second-order valence-electron chi connectivity index (χ2n) is 17.6. The largest absolute Gasteiger partial charge is 0.481 e. The minimum atomic E-state index is -2.89. The Labute approximate surface area is 362 Å². The number of aliphatic carboxylic acids is 3. The SMILES string of the molecule is CC(C)(C)CCN1C(=O)[C@H](CC(=O)O)SC1c1cccc(F)c1N1CCC(F)(F)C1.CC(C)(C)CCN=Cc1cccc(F)c1N1CCC(F)(F)C1.O=C(O)CC(S)C(=O)O. The van der Waals surface area contributed by atoms with E-state index in [4.69, 9.17) is 10.2 Å². The first kappa shape index (κ1) is 51.2. The molecule has 0 radical (unpaired) electrons. The maximum Gasteiger partial charge on any atom is 0.316 e. The maximum atomic E-state index is 14.8. The van der Waals surface area contributed by atoms with Crippen molar-refractivity contribution in [3.8, 4) is 0 Å². The summed E-state index contributed by atoms with van der Waals surface area (Å²) >= 11 is 4.64. The fraction of sp³-hybridized carbons (Fsp3) is 0.595. The average Bonchev–Trinajstić information content (AvgIpc) is 3.77. The molecule has 61 heavy (non-hydrogen) atoms. The van der Waals surface area contributed by atoms with Crippen molar-refractivity contribution in [2.75, 3.05) is 49.1 Å². The molecule has 3 aliphatic rings. The van der Waals surface area contributed by atoms with E-state index in [1.165, 1.54) is 28.0 Å². The smallest absolute Gasteiger partial charge is 0.316 e. The summed E-state index contributed by atoms with van der Waals surface area (Å²) in [5.41, 5.74) is 1.43. The topological polar surface area (TPSA) is 151 Å². The van der Waals surface area contributed by atoms with Gasteiger partial charge < -0.3 is 30.0 Å². The van der Waals surface area contributed by atoms with Crippen molar-refractivity contribution >= 4 is 65.8 Å². The first-order valence-corrected chi connectivity index (χ1v) is 21.2. The molecule has 3 aliphatic heterocycles. The highest BCUT2D eigenvalue weighted by Gasteiger charge is 2.46. The van der Waals surface area contributed by atoms with Crippen LogP contribution in [0.1, 0.15) is 96.6 Å². The van der Waals surface area contributed by atoms with Gasteiger partial charge in [0, 0.05) is 56.4 Å². The number of carbonyl (C=O) groups excluding carboxylic acids is 1. The predicted octanol–water partition coefficient (Wildman–Crippen LogP) is 8.89. The number of amides is 1. The van der Waals surface area contributed by atoms with Crippen molar-refractivity contribution < 1.29 is 60.8 Å². The predicted molar refractivity (Wildman–Crippen MR) is 228 cm³/mol. The Bertz CT molecular complexity index is 1890. The standard InChI is InChI=1S/C21H27F3N2O3S.C17H23F3N2.C4H6O4S/c1-20(2,3)7-10-26-18(29)15(11-16(27)28)30-19(26)13-5-4-6-14(22)17(13)25-9-8-21(23,24)12-25;1-16(2,3)7-9-21-11-13-5-4-6-14(18)15(13)22-10-8-17(19,20)12-22;5-3(6)1-2(9)4(7)8/h4-6,15,19H,7-12H2,1-3H3,(H,27,28);4-6,11H,7-10,12H2,1-3H3;2,9H,1H2,(H,5,6)(H,7,8)/t15-,19?;;/m0../s1. The van der Waals surface area contributed by atoms with E-state index >= 15 is 0 Å². The first-order valence-electron chi connectivity index (χ1n) is 19.7. The van der Waals surface area contributed by atoms with E-state index < -0.39 is 76.8 Å². The number of carbonyl (C=O) groups is 4. The van der Waals surface area contributed by atoms with E-state index in [0.717, 1.165) is 18.2 Å². The number of aliphatic imine (C=N–C) groups is 1. The number of nitrogens with zero attached hydrogens (tertiary/aromatic N) is 4. The van der Waals surface area contributed by atoms with E-state index in [0.29, 0.717) is 30.6 Å². The number of rotatable bonds is 13. The van der Waals surface area contributed by atoms with Crippen LogP contribution in [0.5, 0.6) is 0 Å². The molecule has 3 heterocycles. The number of thiol groups is 1. The van der Waals surface area contributed by atoms with E-state index in [2.05, 4.69) is 38.4 Å². The van der Waals surface area contributed by atoms with E-state index in [1.54, 1.807) is 29.3 Å². The van der Waals surface area contributed by atoms with Gasteiger partial charge in [-0.2, -0.15) is 12.6 Å². The minimum absolute atomic E-state index is 0.0206. The molecule has 3 saturated heterocycles. The summed E-state index contributed by atoms with van der Waals surface area (Å²) in [5, 5.41) is 22.8. The van der Waals surface area contributed by atoms with Gasteiger partial charge in [-0.25, -0.2) is 26.3 Å². The summed E-state index contributed by atoms with van der Waals surface area (Å²) in [6, 6.07) is 8.98. The van der Waals surface area contributed by atoms with Crippen LogP contribution in [-0.4, -0.2) is 112 Å². The lowest BCUT2D eigenvalue weighted by Gasteiger charge is -2.31. The van der Waals surface area contributed by atoms with Crippen molar-refractivity contribution in [2.24, 2.45) is 15.8 Å². The fourth-order valence-electron chi connectivity index (χ4n) is 6.51. The van der Waals surface area contributed by atoms with Crippen LogP contribution in [0.4, 0.5) is 37.7 Å². The summed E-state index contributed by atoms with van der Waals surface area (Å²) in [7, 11) is 0. The number of para-hydroxylation sites is 2. The normalized spacial score (nSPS) is 20.3. The van der Waals surface area contributed by atoms with Crippen LogP contribution in [0.2, 0.25) is 0 Å². The molecule has 0 aliphatic carbocycles. The van der Waals surface area contributed by atoms with Crippen LogP contribution in [0.25, 0.3) is 0 Å². The van der Waals surface area contributed by atoms with Crippen LogP contribution in [-0.2, 0) is 19.2 Å². The summed E-state index contributed by atoms with van der Waals surface area (Å²) in [4.78, 5) is 52.6. The molecule has 2 unspecified atom stereocenters. The molecule has 1 amide bonds. The molecule has 0 aromatic heterocycles. The number of carboxylic acids is 3. The summed E-state index contributed by atoms with van der Waals surface area (Å²) in [6.07, 6.45) is 1.81. The molecule has 2 aromatic rings. The third-order valence-corrected chi connectivity index (χ3v) is 11.6. The number of anilines is 2. The minimum Gasteiger partial charge on any atom is -0.481 e. The fourth-order valence-corrected chi connectivity index (χ4v) is 8.16. The highest BCUT2D eigenvalue weighted by Crippen LogP contribution is 2.49. The number of benzene rings is 2. The lowest BCUT2D eigenvalue weighted by Crippen LogP contribution is -2.35. The summed E-state index contributed by atoms with van der Waals surface area (Å²) < 4.78 is 83.3. The number of carboxylic acid groups (broad SMARTS) is 3. The lowest BCUT2D eigenvalue weighted by molar-refractivity contribution is -0.142. The van der Waals surface area contributed by atoms with Gasteiger partial charge in [0.05, 0.1) is 42.6 Å². The van der Waals surface area contributed by atoms with Gasteiger partial charge in [-0.15, -0.1) is 11.8 Å². The second kappa shape index (κ2) is 21.3. The van der Waals surface area contributed by atoms with Crippen molar-refractivity contribution in [1.82, 2.24) is 4.90 Å². The molecule has 3 atom stereocenters. The van der Waals surface area contributed by atoms with E-state index in [1.807, 2.05) is 20.8 Å². The van der Waals surface area contributed by atoms with E-state index in [9.17, 15) is 50.6 Å². The van der Waals surface area contributed by atoms with Crippen LogP contribution >= 0.6 is 24.4 Å². The van der Waals surface area contributed by atoms with Gasteiger partial charge in [0.1, 0.15) is 22.3 Å². The zero-order valence-corrected chi connectivity index (χ0v) is 36.9. The molecule has 5 rings (SSSR count). The zero-order valence-electron chi connectivity index (χ0n) is 35.1. The molecular formula is C42H56F6N4O7S2. The zero-order chi connectivity index (χ0) is 46.1. The van der Waals surface area contributed by atoms with Crippen LogP contribution in [0.3, 0.4) is 0 Å².